The van der Waals surface area contributed by atoms with Gasteiger partial charge in [0.2, 0.25) is 0 Å². The zero-order valence-corrected chi connectivity index (χ0v) is 14.6. The third-order valence-corrected chi connectivity index (χ3v) is 5.92. The number of alkyl halides is 3. The Morgan fingerprint density at radius 3 is 2.56 bits per heavy atom. The Balaban J connectivity index is 1.90. The van der Waals surface area contributed by atoms with Gasteiger partial charge in [-0.05, 0) is 30.3 Å². The summed E-state index contributed by atoms with van der Waals surface area (Å²) in [6, 6.07) is 8.05. The van der Waals surface area contributed by atoms with E-state index >= 15 is 0 Å². The van der Waals surface area contributed by atoms with Crippen LogP contribution in [0, 0.1) is 0 Å². The van der Waals surface area contributed by atoms with Gasteiger partial charge in [-0.1, -0.05) is 41.0 Å². The zero-order valence-electron chi connectivity index (χ0n) is 12.3. The molecule has 0 radical (unpaired) electrons. The van der Waals surface area contributed by atoms with Gasteiger partial charge >= 0.3 is 6.18 Å². The fourth-order valence-electron chi connectivity index (χ4n) is 2.88. The molecule has 0 unspecified atom stereocenters. The van der Waals surface area contributed by atoms with Gasteiger partial charge in [0.25, 0.3) is 0 Å². The minimum absolute atomic E-state index is 0.176. The minimum Gasteiger partial charge on any atom is -0.366 e. The van der Waals surface area contributed by atoms with Crippen molar-refractivity contribution in [2.24, 2.45) is 0 Å². The molecule has 3 nitrogen and oxygen atoms in total. The van der Waals surface area contributed by atoms with Gasteiger partial charge in [-0.2, -0.15) is 13.2 Å². The Bertz CT molecular complexity index is 1000. The first-order chi connectivity index (χ1) is 11.7. The standard InChI is InChI=1S/C16H9Cl2F3N2OS/c17-10-3-1-8(5-11(10)18)15(24)7-25-14-22-12-6-9(16(19,20)21)2-4-13(12)23(14)15/h1-6,24H,7H2/t15-/m1/s1. The molecule has 1 aliphatic rings. The van der Waals surface area contributed by atoms with Crippen LogP contribution in [-0.2, 0) is 11.9 Å². The maximum Gasteiger partial charge on any atom is 0.416 e. The second-order valence-electron chi connectivity index (χ2n) is 5.67. The van der Waals surface area contributed by atoms with E-state index in [9.17, 15) is 18.3 Å². The number of rotatable bonds is 1. The number of halogens is 5. The van der Waals surface area contributed by atoms with E-state index in [1.54, 1.807) is 18.2 Å². The number of nitrogens with zero attached hydrogens (tertiary/aromatic N) is 2. The van der Waals surface area contributed by atoms with Crippen LogP contribution in [0.5, 0.6) is 0 Å². The highest BCUT2D eigenvalue weighted by atomic mass is 35.5. The fraction of sp³-hybridized carbons (Fsp3) is 0.188. The summed E-state index contributed by atoms with van der Waals surface area (Å²) in [6.07, 6.45) is -4.45. The normalized spacial score (nSPS) is 20.2. The van der Waals surface area contributed by atoms with E-state index in [1.165, 1.54) is 22.4 Å². The van der Waals surface area contributed by atoms with Crippen LogP contribution in [0.1, 0.15) is 11.1 Å². The molecule has 0 aliphatic carbocycles. The highest BCUT2D eigenvalue weighted by Crippen LogP contribution is 2.44. The summed E-state index contributed by atoms with van der Waals surface area (Å²) in [5, 5.41) is 12.3. The van der Waals surface area contributed by atoms with E-state index in [0.29, 0.717) is 21.3 Å². The first-order valence-electron chi connectivity index (χ1n) is 7.11. The molecule has 130 valence electrons. The predicted octanol–water partition coefficient (Wildman–Crippen LogP) is 5.16. The van der Waals surface area contributed by atoms with Crippen molar-refractivity contribution in [2.75, 3.05) is 5.75 Å². The van der Waals surface area contributed by atoms with Crippen LogP contribution in [0.25, 0.3) is 11.0 Å². The zero-order chi connectivity index (χ0) is 18.0. The Morgan fingerprint density at radius 2 is 1.88 bits per heavy atom. The van der Waals surface area contributed by atoms with E-state index in [1.807, 2.05) is 0 Å². The maximum absolute atomic E-state index is 12.9. The van der Waals surface area contributed by atoms with Crippen LogP contribution >= 0.6 is 35.0 Å². The number of hydrogen-bond acceptors (Lipinski definition) is 3. The fourth-order valence-corrected chi connectivity index (χ4v) is 4.34. The molecule has 0 saturated heterocycles. The minimum atomic E-state index is -4.45. The molecule has 0 amide bonds. The van der Waals surface area contributed by atoms with Gasteiger partial charge in [-0.25, -0.2) is 4.98 Å². The summed E-state index contributed by atoms with van der Waals surface area (Å²) in [4.78, 5) is 4.24. The van der Waals surface area contributed by atoms with E-state index in [2.05, 4.69) is 4.98 Å². The molecular formula is C16H9Cl2F3N2OS. The van der Waals surface area contributed by atoms with Crippen LogP contribution in [0.4, 0.5) is 13.2 Å². The topological polar surface area (TPSA) is 38.1 Å². The number of thioether (sulfide) groups is 1. The molecule has 4 rings (SSSR count). The van der Waals surface area contributed by atoms with Gasteiger partial charge in [0, 0.05) is 5.56 Å². The van der Waals surface area contributed by atoms with E-state index in [-0.39, 0.29) is 16.3 Å². The Labute approximate surface area is 154 Å². The Morgan fingerprint density at radius 1 is 1.12 bits per heavy atom. The molecular weight excluding hydrogens is 396 g/mol. The number of aliphatic hydroxyl groups is 1. The number of fused-ring (bicyclic) bond motifs is 3. The molecule has 3 aromatic rings. The summed E-state index contributed by atoms with van der Waals surface area (Å²) in [5.41, 5.74) is -1.16. The van der Waals surface area contributed by atoms with E-state index in [0.717, 1.165) is 12.1 Å². The van der Waals surface area contributed by atoms with Crippen LogP contribution in [0.3, 0.4) is 0 Å². The van der Waals surface area contributed by atoms with Gasteiger partial charge in [-0.3, -0.25) is 4.57 Å². The highest BCUT2D eigenvalue weighted by Gasteiger charge is 2.42. The second kappa shape index (κ2) is 5.54. The summed E-state index contributed by atoms with van der Waals surface area (Å²) < 4.78 is 40.2. The van der Waals surface area contributed by atoms with E-state index < -0.39 is 17.5 Å². The molecule has 1 atom stereocenters. The third kappa shape index (κ3) is 2.61. The van der Waals surface area contributed by atoms with E-state index in [4.69, 9.17) is 23.2 Å². The van der Waals surface area contributed by atoms with Crippen molar-refractivity contribution in [1.29, 1.82) is 0 Å². The SMILES string of the molecule is O[C@@]1(c2ccc(Cl)c(Cl)c2)CSc2nc3cc(C(F)(F)F)ccc3n21. The largest absolute Gasteiger partial charge is 0.416 e. The van der Waals surface area contributed by atoms with Gasteiger partial charge < -0.3 is 5.11 Å². The number of imidazole rings is 1. The molecule has 1 aliphatic heterocycles. The molecule has 0 fully saturated rings. The lowest BCUT2D eigenvalue weighted by Crippen LogP contribution is -2.33. The Hall–Kier alpha value is -1.41. The highest BCUT2D eigenvalue weighted by molar-refractivity contribution is 7.99. The van der Waals surface area contributed by atoms with Crippen LogP contribution in [0.15, 0.2) is 41.6 Å². The van der Waals surface area contributed by atoms with Crippen molar-refractivity contribution in [1.82, 2.24) is 9.55 Å². The van der Waals surface area contributed by atoms with Crippen molar-refractivity contribution >= 4 is 46.0 Å². The number of hydrogen-bond donors (Lipinski definition) is 1. The van der Waals surface area contributed by atoms with Crippen LogP contribution < -0.4 is 0 Å². The van der Waals surface area contributed by atoms with Crippen LogP contribution in [-0.4, -0.2) is 20.4 Å². The maximum atomic E-state index is 12.9. The third-order valence-electron chi connectivity index (χ3n) is 4.11. The first kappa shape index (κ1) is 17.0. The molecule has 25 heavy (non-hydrogen) atoms. The molecule has 9 heteroatoms. The molecule has 2 heterocycles. The summed E-state index contributed by atoms with van der Waals surface area (Å²) in [5.74, 6) is 0.268. The van der Waals surface area contributed by atoms with Crippen molar-refractivity contribution in [3.63, 3.8) is 0 Å². The molecule has 2 aromatic carbocycles. The lowest BCUT2D eigenvalue weighted by atomic mass is 10.0. The smallest absolute Gasteiger partial charge is 0.366 e. The average molecular weight is 405 g/mol. The second-order valence-corrected chi connectivity index (χ2v) is 7.42. The molecule has 0 saturated carbocycles. The van der Waals surface area contributed by atoms with Crippen molar-refractivity contribution in [3.8, 4) is 0 Å². The lowest BCUT2D eigenvalue weighted by molar-refractivity contribution is -0.137. The van der Waals surface area contributed by atoms with Crippen molar-refractivity contribution in [3.05, 3.63) is 57.6 Å². The van der Waals surface area contributed by atoms with Gasteiger partial charge in [0.1, 0.15) is 0 Å². The summed E-state index contributed by atoms with van der Waals surface area (Å²) in [6.45, 7) is 0. The lowest BCUT2D eigenvalue weighted by Gasteiger charge is -2.26. The van der Waals surface area contributed by atoms with Crippen molar-refractivity contribution in [2.45, 2.75) is 17.1 Å². The van der Waals surface area contributed by atoms with Gasteiger partial charge in [-0.15, -0.1) is 0 Å². The average Bonchev–Trinajstić information content (AvgIpc) is 3.07. The molecule has 1 N–H and O–H groups in total. The molecule has 1 aromatic heterocycles. The van der Waals surface area contributed by atoms with Gasteiger partial charge in [0.15, 0.2) is 10.9 Å². The monoisotopic (exact) mass is 404 g/mol. The van der Waals surface area contributed by atoms with Gasteiger partial charge in [0.05, 0.1) is 32.4 Å². The molecule has 0 bridgehead atoms. The first-order valence-corrected chi connectivity index (χ1v) is 8.85. The van der Waals surface area contributed by atoms with Crippen molar-refractivity contribution < 1.29 is 18.3 Å². The summed E-state index contributed by atoms with van der Waals surface area (Å²) >= 11 is 13.2. The van der Waals surface area contributed by atoms with Crippen LogP contribution in [0.2, 0.25) is 10.0 Å². The predicted molar refractivity (Wildman–Crippen MR) is 91.2 cm³/mol. The number of aromatic nitrogens is 2. The molecule has 0 spiro atoms. The summed E-state index contributed by atoms with van der Waals surface area (Å²) in [7, 11) is 0. The quantitative estimate of drug-likeness (QED) is 0.608. The number of benzene rings is 2. The Kier molecular flexibility index (Phi) is 3.77.